The Hall–Kier alpha value is -3.39. The third kappa shape index (κ3) is 4.50. The number of nitrogens with one attached hydrogen (secondary N) is 1. The molecule has 1 aliphatic carbocycles. The SMILES string of the molecule is COc1cc(C)ccc1CNCC1CCC(c2cc(N)n3ncc(-c4cnn(C)c4)c3n2)CC1. The van der Waals surface area contributed by atoms with Gasteiger partial charge in [0.15, 0.2) is 5.65 Å². The highest BCUT2D eigenvalue weighted by molar-refractivity contribution is 5.77. The first-order valence-corrected chi connectivity index (χ1v) is 12.0. The minimum absolute atomic E-state index is 0.428. The number of nitrogens with zero attached hydrogens (tertiary/aromatic N) is 5. The van der Waals surface area contributed by atoms with Crippen LogP contribution in [0.1, 0.15) is 48.4 Å². The predicted molar refractivity (Wildman–Crippen MR) is 134 cm³/mol. The molecule has 0 aliphatic heterocycles. The van der Waals surface area contributed by atoms with Crippen LogP contribution in [0.25, 0.3) is 16.8 Å². The quantitative estimate of drug-likeness (QED) is 0.432. The minimum Gasteiger partial charge on any atom is -0.496 e. The molecule has 0 spiro atoms. The van der Waals surface area contributed by atoms with E-state index in [-0.39, 0.29) is 0 Å². The monoisotopic (exact) mass is 459 g/mol. The van der Waals surface area contributed by atoms with Crippen molar-refractivity contribution in [2.45, 2.75) is 45.1 Å². The van der Waals surface area contributed by atoms with Crippen molar-refractivity contribution in [1.29, 1.82) is 0 Å². The van der Waals surface area contributed by atoms with Gasteiger partial charge in [0.25, 0.3) is 0 Å². The standard InChI is InChI=1S/C26H33N7O/c1-17-4-7-20(24(10-17)34-3)13-28-12-18-5-8-19(9-6-18)23-11-25(27)33-26(31-23)22(15-30-33)21-14-29-32(2)16-21/h4,7,10-11,14-16,18-19,28H,5-6,8-9,12-13,27H2,1-3H3. The second-order valence-electron chi connectivity index (χ2n) is 9.47. The van der Waals surface area contributed by atoms with Gasteiger partial charge < -0.3 is 15.8 Å². The number of ether oxygens (including phenoxy) is 1. The van der Waals surface area contributed by atoms with E-state index in [2.05, 4.69) is 40.6 Å². The molecule has 3 heterocycles. The number of benzene rings is 1. The lowest BCUT2D eigenvalue weighted by atomic mass is 9.80. The molecule has 3 aromatic heterocycles. The lowest BCUT2D eigenvalue weighted by Crippen LogP contribution is -2.26. The number of methoxy groups -OCH3 is 1. The normalized spacial score (nSPS) is 18.4. The second-order valence-corrected chi connectivity index (χ2v) is 9.47. The Kier molecular flexibility index (Phi) is 6.24. The largest absolute Gasteiger partial charge is 0.496 e. The van der Waals surface area contributed by atoms with Gasteiger partial charge in [0.1, 0.15) is 11.6 Å². The van der Waals surface area contributed by atoms with Crippen molar-refractivity contribution in [2.24, 2.45) is 13.0 Å². The third-order valence-corrected chi connectivity index (χ3v) is 6.99. The number of nitrogen functional groups attached to an aromatic ring is 1. The molecule has 178 valence electrons. The van der Waals surface area contributed by atoms with E-state index < -0.39 is 0 Å². The molecule has 3 N–H and O–H groups in total. The van der Waals surface area contributed by atoms with Crippen LogP contribution in [0.3, 0.4) is 0 Å². The lowest BCUT2D eigenvalue weighted by molar-refractivity contribution is 0.310. The summed E-state index contributed by atoms with van der Waals surface area (Å²) < 4.78 is 9.05. The average Bonchev–Trinajstić information content (AvgIpc) is 3.46. The molecule has 4 aromatic rings. The summed E-state index contributed by atoms with van der Waals surface area (Å²) in [6.07, 6.45) is 10.3. The molecule has 1 aliphatic rings. The Morgan fingerprint density at radius 2 is 1.94 bits per heavy atom. The summed E-state index contributed by atoms with van der Waals surface area (Å²) in [6, 6.07) is 8.39. The molecule has 34 heavy (non-hydrogen) atoms. The minimum atomic E-state index is 0.428. The smallest absolute Gasteiger partial charge is 0.165 e. The van der Waals surface area contributed by atoms with E-state index in [4.69, 9.17) is 15.5 Å². The Balaban J connectivity index is 1.22. The maximum absolute atomic E-state index is 6.36. The van der Waals surface area contributed by atoms with Crippen molar-refractivity contribution in [3.05, 3.63) is 59.7 Å². The summed E-state index contributed by atoms with van der Waals surface area (Å²) in [7, 11) is 3.65. The van der Waals surface area contributed by atoms with Gasteiger partial charge in [-0.05, 0) is 56.7 Å². The highest BCUT2D eigenvalue weighted by Gasteiger charge is 2.25. The topological polar surface area (TPSA) is 95.3 Å². The van der Waals surface area contributed by atoms with Crippen LogP contribution >= 0.6 is 0 Å². The van der Waals surface area contributed by atoms with Crippen molar-refractivity contribution in [3.8, 4) is 16.9 Å². The highest BCUT2D eigenvalue weighted by atomic mass is 16.5. The molecule has 5 rings (SSSR count). The molecule has 0 bridgehead atoms. The molecule has 0 radical (unpaired) electrons. The van der Waals surface area contributed by atoms with Gasteiger partial charge in [-0.15, -0.1) is 0 Å². The first-order chi connectivity index (χ1) is 16.5. The Morgan fingerprint density at radius 1 is 1.12 bits per heavy atom. The van der Waals surface area contributed by atoms with Gasteiger partial charge in [0.2, 0.25) is 0 Å². The van der Waals surface area contributed by atoms with Crippen molar-refractivity contribution >= 4 is 11.5 Å². The molecule has 0 unspecified atom stereocenters. The average molecular weight is 460 g/mol. The molecular formula is C26H33N7O. The maximum Gasteiger partial charge on any atom is 0.165 e. The fraction of sp³-hybridized carbons (Fsp3) is 0.423. The molecule has 1 saturated carbocycles. The zero-order valence-corrected chi connectivity index (χ0v) is 20.2. The summed E-state index contributed by atoms with van der Waals surface area (Å²) in [5.74, 6) is 2.69. The van der Waals surface area contributed by atoms with Gasteiger partial charge in [0, 0.05) is 54.2 Å². The number of aromatic nitrogens is 5. The van der Waals surface area contributed by atoms with E-state index in [0.29, 0.717) is 17.7 Å². The first kappa shape index (κ1) is 22.4. The summed E-state index contributed by atoms with van der Waals surface area (Å²) in [6.45, 7) is 3.94. The fourth-order valence-electron chi connectivity index (χ4n) is 5.05. The molecular weight excluding hydrogens is 426 g/mol. The van der Waals surface area contributed by atoms with Crippen molar-refractivity contribution in [2.75, 3.05) is 19.4 Å². The fourth-order valence-corrected chi connectivity index (χ4v) is 5.05. The van der Waals surface area contributed by atoms with Gasteiger partial charge in [0.05, 0.1) is 19.5 Å². The number of rotatable bonds is 7. The summed E-state index contributed by atoms with van der Waals surface area (Å²) in [5, 5.41) is 12.4. The van der Waals surface area contributed by atoms with E-state index in [9.17, 15) is 0 Å². The van der Waals surface area contributed by atoms with Gasteiger partial charge in [-0.3, -0.25) is 4.68 Å². The highest BCUT2D eigenvalue weighted by Crippen LogP contribution is 2.36. The van der Waals surface area contributed by atoms with Gasteiger partial charge in [-0.25, -0.2) is 4.98 Å². The Bertz CT molecular complexity index is 1280. The summed E-state index contributed by atoms with van der Waals surface area (Å²) in [5.41, 5.74) is 12.6. The number of aryl methyl sites for hydroxylation is 2. The van der Waals surface area contributed by atoms with Gasteiger partial charge in [-0.1, -0.05) is 12.1 Å². The van der Waals surface area contributed by atoms with Crippen molar-refractivity contribution in [3.63, 3.8) is 0 Å². The lowest BCUT2D eigenvalue weighted by Gasteiger charge is -2.28. The predicted octanol–water partition coefficient (Wildman–Crippen LogP) is 4.09. The molecule has 0 amide bonds. The van der Waals surface area contributed by atoms with Crippen LogP contribution in [0.4, 0.5) is 5.82 Å². The number of hydrogen-bond donors (Lipinski definition) is 2. The van der Waals surface area contributed by atoms with Crippen LogP contribution < -0.4 is 15.8 Å². The molecule has 8 nitrogen and oxygen atoms in total. The maximum atomic E-state index is 6.36. The molecule has 0 atom stereocenters. The van der Waals surface area contributed by atoms with Crippen LogP contribution in [0.2, 0.25) is 0 Å². The number of anilines is 1. The zero-order valence-electron chi connectivity index (χ0n) is 20.2. The van der Waals surface area contributed by atoms with Crippen LogP contribution in [0.15, 0.2) is 42.9 Å². The molecule has 1 fully saturated rings. The van der Waals surface area contributed by atoms with E-state index >= 15 is 0 Å². The van der Waals surface area contributed by atoms with E-state index in [1.54, 1.807) is 16.3 Å². The second kappa shape index (κ2) is 9.46. The first-order valence-electron chi connectivity index (χ1n) is 12.0. The van der Waals surface area contributed by atoms with Gasteiger partial charge in [-0.2, -0.15) is 14.7 Å². The number of nitrogens with two attached hydrogens (primary N) is 1. The van der Waals surface area contributed by atoms with Crippen molar-refractivity contribution in [1.82, 2.24) is 29.7 Å². The third-order valence-electron chi connectivity index (χ3n) is 6.99. The van der Waals surface area contributed by atoms with Crippen LogP contribution in [-0.2, 0) is 13.6 Å². The summed E-state index contributed by atoms with van der Waals surface area (Å²) >= 11 is 0. The van der Waals surface area contributed by atoms with Crippen LogP contribution in [-0.4, -0.2) is 38.0 Å². The Morgan fingerprint density at radius 3 is 2.68 bits per heavy atom. The van der Waals surface area contributed by atoms with Gasteiger partial charge >= 0.3 is 0 Å². The van der Waals surface area contributed by atoms with Crippen LogP contribution in [0.5, 0.6) is 5.75 Å². The molecule has 0 saturated heterocycles. The van der Waals surface area contributed by atoms with E-state index in [1.807, 2.05) is 31.7 Å². The number of hydrogen-bond acceptors (Lipinski definition) is 6. The zero-order chi connectivity index (χ0) is 23.7. The number of fused-ring (bicyclic) bond motifs is 1. The summed E-state index contributed by atoms with van der Waals surface area (Å²) in [4.78, 5) is 5.01. The molecule has 1 aromatic carbocycles. The van der Waals surface area contributed by atoms with Crippen LogP contribution in [0, 0.1) is 12.8 Å². The van der Waals surface area contributed by atoms with Crippen molar-refractivity contribution < 1.29 is 4.74 Å². The van der Waals surface area contributed by atoms with E-state index in [1.165, 1.54) is 24.0 Å². The molecule has 8 heteroatoms. The Labute approximate surface area is 200 Å². The van der Waals surface area contributed by atoms with E-state index in [0.717, 1.165) is 54.1 Å².